The first-order valence-corrected chi connectivity index (χ1v) is 8.47. The van der Waals surface area contributed by atoms with Crippen LogP contribution >= 0.6 is 0 Å². The minimum atomic E-state index is 0.741. The Kier molecular flexibility index (Phi) is 5.05. The van der Waals surface area contributed by atoms with Crippen LogP contribution in [0.4, 0.5) is 5.82 Å². The van der Waals surface area contributed by atoms with Crippen molar-refractivity contribution in [2.24, 2.45) is 0 Å². The third kappa shape index (κ3) is 3.38. The lowest BCUT2D eigenvalue weighted by molar-refractivity contribution is 0.316. The first-order chi connectivity index (χ1) is 11.7. The summed E-state index contributed by atoms with van der Waals surface area (Å²) in [6.07, 6.45) is 1.83. The highest BCUT2D eigenvalue weighted by atomic mass is 15.3. The van der Waals surface area contributed by atoms with Crippen molar-refractivity contribution in [2.75, 3.05) is 31.5 Å². The van der Waals surface area contributed by atoms with E-state index in [-0.39, 0.29) is 0 Å². The molecule has 0 saturated carbocycles. The monoisotopic (exact) mass is 324 g/mol. The molecule has 126 valence electrons. The highest BCUT2D eigenvalue weighted by molar-refractivity contribution is 5.87. The van der Waals surface area contributed by atoms with E-state index in [2.05, 4.69) is 39.1 Å². The minimum absolute atomic E-state index is 0.741. The molecule has 0 spiro atoms. The van der Waals surface area contributed by atoms with Crippen LogP contribution in [0.25, 0.3) is 16.7 Å². The van der Waals surface area contributed by atoms with Gasteiger partial charge in [0.2, 0.25) is 0 Å². The quantitative estimate of drug-likeness (QED) is 0.724. The molecular formula is C18H24N6. The summed E-state index contributed by atoms with van der Waals surface area (Å²) in [7, 11) is 0. The van der Waals surface area contributed by atoms with E-state index in [1.54, 1.807) is 0 Å². The number of para-hydroxylation sites is 1. The molecule has 0 radical (unpaired) electrons. The first kappa shape index (κ1) is 16.4. The Hall–Kier alpha value is -2.47. The van der Waals surface area contributed by atoms with Crippen LogP contribution in [-0.2, 0) is 0 Å². The van der Waals surface area contributed by atoms with E-state index in [0.717, 1.165) is 54.5 Å². The van der Waals surface area contributed by atoms with Crippen molar-refractivity contribution in [2.45, 2.75) is 20.8 Å². The molecule has 24 heavy (non-hydrogen) atoms. The van der Waals surface area contributed by atoms with Crippen molar-refractivity contribution in [3.05, 3.63) is 42.4 Å². The van der Waals surface area contributed by atoms with Gasteiger partial charge in [-0.3, -0.25) is 0 Å². The predicted molar refractivity (Wildman–Crippen MR) is 97.7 cm³/mol. The number of benzene rings is 1. The van der Waals surface area contributed by atoms with Gasteiger partial charge in [-0.05, 0) is 32.1 Å². The van der Waals surface area contributed by atoms with Gasteiger partial charge < -0.3 is 10.2 Å². The zero-order chi connectivity index (χ0) is 16.9. The molecule has 6 heteroatoms. The van der Waals surface area contributed by atoms with Crippen molar-refractivity contribution in [1.29, 1.82) is 0 Å². The number of likely N-dealkylation sites (N-methyl/N-ethyl adjacent to an activating group) is 1. The van der Waals surface area contributed by atoms with E-state index in [1.807, 2.05) is 48.1 Å². The molecule has 0 bridgehead atoms. The van der Waals surface area contributed by atoms with E-state index < -0.39 is 0 Å². The van der Waals surface area contributed by atoms with E-state index in [4.69, 9.17) is 0 Å². The van der Waals surface area contributed by atoms with E-state index in [1.165, 1.54) is 0 Å². The number of hydrogen-bond donors (Lipinski definition) is 1. The van der Waals surface area contributed by atoms with Crippen LogP contribution in [0.3, 0.4) is 0 Å². The van der Waals surface area contributed by atoms with E-state index in [9.17, 15) is 0 Å². The topological polar surface area (TPSA) is 58.9 Å². The molecular weight excluding hydrogens is 300 g/mol. The summed E-state index contributed by atoms with van der Waals surface area (Å²) in [6.45, 7) is 10.2. The molecule has 2 aromatic heterocycles. The summed E-state index contributed by atoms with van der Waals surface area (Å²) in [5.41, 5.74) is 1.83. The summed E-state index contributed by atoms with van der Waals surface area (Å²) in [6, 6.07) is 10.0. The molecule has 6 nitrogen and oxygen atoms in total. The summed E-state index contributed by atoms with van der Waals surface area (Å²) in [4.78, 5) is 11.5. The van der Waals surface area contributed by atoms with Crippen molar-refractivity contribution < 1.29 is 0 Å². The smallest absolute Gasteiger partial charge is 0.168 e. The number of nitrogens with zero attached hydrogens (tertiary/aromatic N) is 5. The summed E-state index contributed by atoms with van der Waals surface area (Å²) < 4.78 is 1.86. The van der Waals surface area contributed by atoms with Crippen LogP contribution in [0.2, 0.25) is 0 Å². The molecule has 0 saturated heterocycles. The van der Waals surface area contributed by atoms with E-state index >= 15 is 0 Å². The third-order valence-corrected chi connectivity index (χ3v) is 4.16. The Morgan fingerprint density at radius 3 is 2.54 bits per heavy atom. The number of rotatable bonds is 7. The number of hydrogen-bond acceptors (Lipinski definition) is 5. The van der Waals surface area contributed by atoms with Crippen LogP contribution in [0.5, 0.6) is 0 Å². The molecule has 0 fully saturated rings. The summed E-state index contributed by atoms with van der Waals surface area (Å²) in [5.74, 6) is 1.59. The van der Waals surface area contributed by atoms with Gasteiger partial charge in [0.05, 0.1) is 17.3 Å². The fraction of sp³-hybridized carbons (Fsp3) is 0.389. The molecule has 3 aromatic rings. The first-order valence-electron chi connectivity index (χ1n) is 8.47. The van der Waals surface area contributed by atoms with Gasteiger partial charge in [0.1, 0.15) is 11.6 Å². The standard InChI is InChI=1S/C18H24N6/c1-4-23(5-2)12-11-19-17-16-13-20-24(15-9-7-6-8-10-15)18(16)22-14(3)21-17/h6-10,13H,4-5,11-12H2,1-3H3,(H,19,21,22). The van der Waals surface area contributed by atoms with Crippen molar-refractivity contribution in [1.82, 2.24) is 24.6 Å². The normalized spacial score (nSPS) is 11.3. The molecule has 0 atom stereocenters. The SMILES string of the molecule is CCN(CC)CCNc1nc(C)nc2c1cnn2-c1ccccc1. The van der Waals surface area contributed by atoms with Crippen LogP contribution in [0.1, 0.15) is 19.7 Å². The maximum atomic E-state index is 4.59. The van der Waals surface area contributed by atoms with Gasteiger partial charge in [-0.1, -0.05) is 32.0 Å². The highest BCUT2D eigenvalue weighted by Gasteiger charge is 2.12. The van der Waals surface area contributed by atoms with Crippen molar-refractivity contribution >= 4 is 16.9 Å². The lowest BCUT2D eigenvalue weighted by atomic mass is 10.3. The summed E-state index contributed by atoms with van der Waals surface area (Å²) in [5, 5.41) is 8.90. The van der Waals surface area contributed by atoms with Crippen LogP contribution in [0, 0.1) is 6.92 Å². The lowest BCUT2D eigenvalue weighted by Crippen LogP contribution is -2.28. The van der Waals surface area contributed by atoms with Gasteiger partial charge in [-0.25, -0.2) is 14.6 Å². The fourth-order valence-corrected chi connectivity index (χ4v) is 2.78. The Morgan fingerprint density at radius 1 is 1.08 bits per heavy atom. The number of fused-ring (bicyclic) bond motifs is 1. The fourth-order valence-electron chi connectivity index (χ4n) is 2.78. The molecule has 1 N–H and O–H groups in total. The predicted octanol–water partition coefficient (Wildman–Crippen LogP) is 2.88. The number of aromatic nitrogens is 4. The maximum Gasteiger partial charge on any atom is 0.168 e. The molecule has 0 aliphatic rings. The lowest BCUT2D eigenvalue weighted by Gasteiger charge is -2.18. The van der Waals surface area contributed by atoms with Gasteiger partial charge in [-0.15, -0.1) is 0 Å². The third-order valence-electron chi connectivity index (χ3n) is 4.16. The van der Waals surface area contributed by atoms with Crippen LogP contribution in [-0.4, -0.2) is 50.8 Å². The Bertz CT molecular complexity index is 792. The minimum Gasteiger partial charge on any atom is -0.368 e. The largest absolute Gasteiger partial charge is 0.368 e. The average molecular weight is 324 g/mol. The molecule has 0 aliphatic heterocycles. The second-order valence-electron chi connectivity index (χ2n) is 5.70. The Labute approximate surface area is 142 Å². The summed E-state index contributed by atoms with van der Waals surface area (Å²) >= 11 is 0. The number of nitrogens with one attached hydrogen (secondary N) is 1. The number of anilines is 1. The molecule has 0 unspecified atom stereocenters. The second-order valence-corrected chi connectivity index (χ2v) is 5.70. The molecule has 2 heterocycles. The van der Waals surface area contributed by atoms with Gasteiger partial charge in [0.25, 0.3) is 0 Å². The zero-order valence-corrected chi connectivity index (χ0v) is 14.5. The Morgan fingerprint density at radius 2 is 1.83 bits per heavy atom. The van der Waals surface area contributed by atoms with Gasteiger partial charge >= 0.3 is 0 Å². The van der Waals surface area contributed by atoms with Crippen LogP contribution < -0.4 is 5.32 Å². The van der Waals surface area contributed by atoms with Crippen molar-refractivity contribution in [3.63, 3.8) is 0 Å². The maximum absolute atomic E-state index is 4.59. The van der Waals surface area contributed by atoms with Crippen molar-refractivity contribution in [3.8, 4) is 5.69 Å². The average Bonchev–Trinajstić information content (AvgIpc) is 3.03. The van der Waals surface area contributed by atoms with Crippen LogP contribution in [0.15, 0.2) is 36.5 Å². The highest BCUT2D eigenvalue weighted by Crippen LogP contribution is 2.22. The van der Waals surface area contributed by atoms with Gasteiger partial charge in [-0.2, -0.15) is 5.10 Å². The molecule has 3 rings (SSSR count). The molecule has 0 aliphatic carbocycles. The second kappa shape index (κ2) is 7.40. The molecule has 1 aromatic carbocycles. The molecule has 0 amide bonds. The number of aryl methyl sites for hydroxylation is 1. The zero-order valence-electron chi connectivity index (χ0n) is 14.5. The van der Waals surface area contributed by atoms with Gasteiger partial charge in [0.15, 0.2) is 5.65 Å². The Balaban J connectivity index is 1.88. The van der Waals surface area contributed by atoms with E-state index in [0.29, 0.717) is 0 Å². The van der Waals surface area contributed by atoms with Gasteiger partial charge in [0, 0.05) is 13.1 Å².